The summed E-state index contributed by atoms with van der Waals surface area (Å²) in [5, 5.41) is -0.294. The molecule has 1 heterocycles. The number of methoxy groups -OCH3 is 1. The van der Waals surface area contributed by atoms with E-state index in [1.165, 1.54) is 23.8 Å². The van der Waals surface area contributed by atoms with Gasteiger partial charge in [-0.1, -0.05) is 0 Å². The molecule has 7 nitrogen and oxygen atoms in total. The number of hydrogen-bond donors (Lipinski definition) is 0. The van der Waals surface area contributed by atoms with Crippen LogP contribution >= 0.6 is 11.8 Å². The van der Waals surface area contributed by atoms with Crippen molar-refractivity contribution in [2.24, 2.45) is 0 Å². The molecule has 2 atom stereocenters. The van der Waals surface area contributed by atoms with Crippen LogP contribution in [0, 0.1) is 0 Å². The van der Waals surface area contributed by atoms with E-state index in [0.29, 0.717) is 5.75 Å². The summed E-state index contributed by atoms with van der Waals surface area (Å²) in [6, 6.07) is -0.765. The molecule has 1 aliphatic heterocycles. The van der Waals surface area contributed by atoms with Crippen molar-refractivity contribution >= 4 is 35.1 Å². The fourth-order valence-electron chi connectivity index (χ4n) is 1.65. The van der Waals surface area contributed by atoms with Gasteiger partial charge in [-0.05, 0) is 6.92 Å². The third-order valence-corrected chi connectivity index (χ3v) is 3.78. The molecule has 1 saturated heterocycles. The van der Waals surface area contributed by atoms with Crippen LogP contribution in [0.3, 0.4) is 0 Å². The molecular formula is C10H13N3O4S. The van der Waals surface area contributed by atoms with Gasteiger partial charge in [0.1, 0.15) is 6.04 Å². The number of hydrogen-bond acceptors (Lipinski definition) is 5. The zero-order valence-electron chi connectivity index (χ0n) is 10.2. The van der Waals surface area contributed by atoms with Crippen LogP contribution in [-0.2, 0) is 19.1 Å². The Bertz CT molecular complexity index is 444. The first-order valence-electron chi connectivity index (χ1n) is 5.19. The Labute approximate surface area is 108 Å². The molecule has 1 rings (SSSR count). The Morgan fingerprint density at radius 2 is 2.06 bits per heavy atom. The van der Waals surface area contributed by atoms with E-state index in [4.69, 9.17) is 5.53 Å². The lowest BCUT2D eigenvalue weighted by Crippen LogP contribution is -2.49. The van der Waals surface area contributed by atoms with E-state index < -0.39 is 29.4 Å². The van der Waals surface area contributed by atoms with Crippen molar-refractivity contribution in [2.45, 2.75) is 25.3 Å². The second-order valence-corrected chi connectivity index (χ2v) is 5.04. The van der Waals surface area contributed by atoms with Gasteiger partial charge in [-0.25, -0.2) is 4.79 Å². The molecule has 0 aromatic rings. The number of rotatable bonds is 3. The van der Waals surface area contributed by atoms with Crippen molar-refractivity contribution in [2.75, 3.05) is 12.9 Å². The Morgan fingerprint density at radius 3 is 2.50 bits per heavy atom. The van der Waals surface area contributed by atoms with Crippen LogP contribution in [0.5, 0.6) is 0 Å². The standard InChI is InChI=1S/C10H13N3O4S/c1-5(14)8(12-11)9(15)13-6(2)18-4-7(13)10(16)17-3/h6-7H,4H2,1-3H3/t6-,7+/m1/s1. The maximum atomic E-state index is 12.1. The van der Waals surface area contributed by atoms with Crippen LogP contribution in [0.25, 0.3) is 5.53 Å². The lowest BCUT2D eigenvalue weighted by atomic mass is 10.2. The van der Waals surface area contributed by atoms with Crippen molar-refractivity contribution in [1.29, 1.82) is 0 Å². The largest absolute Gasteiger partial charge is 0.467 e. The van der Waals surface area contributed by atoms with E-state index in [9.17, 15) is 14.4 Å². The quantitative estimate of drug-likeness (QED) is 0.231. The zero-order chi connectivity index (χ0) is 13.9. The van der Waals surface area contributed by atoms with E-state index in [-0.39, 0.29) is 5.37 Å². The highest BCUT2D eigenvalue weighted by atomic mass is 32.2. The molecule has 0 N–H and O–H groups in total. The molecule has 0 bridgehead atoms. The second-order valence-electron chi connectivity index (χ2n) is 3.69. The van der Waals surface area contributed by atoms with Crippen LogP contribution in [0.2, 0.25) is 0 Å². The summed E-state index contributed by atoms with van der Waals surface area (Å²) in [4.78, 5) is 38.7. The predicted octanol–water partition coefficient (Wildman–Crippen LogP) is -0.291. The third kappa shape index (κ3) is 2.60. The van der Waals surface area contributed by atoms with Gasteiger partial charge >= 0.3 is 17.6 Å². The lowest BCUT2D eigenvalue weighted by Gasteiger charge is -2.23. The minimum absolute atomic E-state index is 0.294. The minimum atomic E-state index is -0.766. The molecule has 0 spiro atoms. The van der Waals surface area contributed by atoms with Crippen molar-refractivity contribution in [3.63, 3.8) is 0 Å². The van der Waals surface area contributed by atoms with Crippen molar-refractivity contribution in [3.05, 3.63) is 5.53 Å². The normalized spacial score (nSPS) is 22.3. The maximum Gasteiger partial charge on any atom is 0.421 e. The number of thioether (sulfide) groups is 1. The molecule has 0 aliphatic carbocycles. The Kier molecular flexibility index (Phi) is 4.63. The molecule has 18 heavy (non-hydrogen) atoms. The van der Waals surface area contributed by atoms with Crippen LogP contribution in [0.15, 0.2) is 0 Å². The lowest BCUT2D eigenvalue weighted by molar-refractivity contribution is -0.150. The number of carbonyl (C=O) groups excluding carboxylic acids is 3. The number of carbonyl (C=O) groups is 3. The van der Waals surface area contributed by atoms with Gasteiger partial charge in [0, 0.05) is 12.7 Å². The molecule has 0 unspecified atom stereocenters. The van der Waals surface area contributed by atoms with Crippen LogP contribution in [-0.4, -0.2) is 57.3 Å². The highest BCUT2D eigenvalue weighted by molar-refractivity contribution is 8.00. The fraction of sp³-hybridized carbons (Fsp3) is 0.600. The molecule has 1 fully saturated rings. The first kappa shape index (κ1) is 14.4. The molecular weight excluding hydrogens is 258 g/mol. The highest BCUT2D eigenvalue weighted by Crippen LogP contribution is 2.29. The van der Waals surface area contributed by atoms with Gasteiger partial charge in [0.25, 0.3) is 0 Å². The SMILES string of the molecule is COC(=O)[C@@H]1CS[C@H](C)N1C(=O)C(=[N+]=[N-])C(C)=O. The van der Waals surface area contributed by atoms with Crippen LogP contribution in [0.4, 0.5) is 0 Å². The molecule has 1 aliphatic rings. The molecule has 8 heteroatoms. The maximum absolute atomic E-state index is 12.1. The average Bonchev–Trinajstić information content (AvgIpc) is 2.70. The molecule has 0 aromatic carbocycles. The van der Waals surface area contributed by atoms with Gasteiger partial charge < -0.3 is 15.2 Å². The van der Waals surface area contributed by atoms with Gasteiger partial charge in [-0.3, -0.25) is 9.59 Å². The minimum Gasteiger partial charge on any atom is -0.467 e. The van der Waals surface area contributed by atoms with E-state index in [1.54, 1.807) is 6.92 Å². The number of ether oxygens (including phenoxy) is 1. The summed E-state index contributed by atoms with van der Waals surface area (Å²) in [6.07, 6.45) is 0. The first-order valence-corrected chi connectivity index (χ1v) is 6.24. The van der Waals surface area contributed by atoms with Crippen LogP contribution in [0.1, 0.15) is 13.8 Å². The summed E-state index contributed by atoms with van der Waals surface area (Å²) in [7, 11) is 1.23. The highest BCUT2D eigenvalue weighted by Gasteiger charge is 2.45. The fourth-order valence-corrected chi connectivity index (χ4v) is 2.82. The Balaban J connectivity index is 3.04. The summed E-state index contributed by atoms with van der Waals surface area (Å²) in [5.41, 5.74) is 8.11. The van der Waals surface area contributed by atoms with Crippen molar-refractivity contribution in [3.8, 4) is 0 Å². The second kappa shape index (κ2) is 5.79. The number of Topliss-reactive ketones (excluding diaryl/α,β-unsaturated/α-hetero) is 1. The number of esters is 1. The topological polar surface area (TPSA) is 100 Å². The van der Waals surface area contributed by atoms with E-state index >= 15 is 0 Å². The average molecular weight is 271 g/mol. The molecule has 0 aromatic heterocycles. The molecule has 0 radical (unpaired) electrons. The smallest absolute Gasteiger partial charge is 0.421 e. The van der Waals surface area contributed by atoms with E-state index in [1.807, 2.05) is 0 Å². The first-order chi connectivity index (χ1) is 8.43. The summed E-state index contributed by atoms with van der Waals surface area (Å²) >= 11 is 1.38. The number of amides is 1. The Morgan fingerprint density at radius 1 is 1.44 bits per heavy atom. The summed E-state index contributed by atoms with van der Waals surface area (Å²) < 4.78 is 4.60. The van der Waals surface area contributed by atoms with Gasteiger partial charge in [0.15, 0.2) is 0 Å². The van der Waals surface area contributed by atoms with Gasteiger partial charge in [-0.15, -0.1) is 11.8 Å². The van der Waals surface area contributed by atoms with E-state index in [0.717, 1.165) is 6.92 Å². The third-order valence-electron chi connectivity index (χ3n) is 2.57. The van der Waals surface area contributed by atoms with Gasteiger partial charge in [0.05, 0.1) is 12.5 Å². The Hall–Kier alpha value is -1.66. The van der Waals surface area contributed by atoms with Gasteiger partial charge in [-0.2, -0.15) is 4.79 Å². The number of ketones is 1. The van der Waals surface area contributed by atoms with E-state index in [2.05, 4.69) is 9.53 Å². The van der Waals surface area contributed by atoms with Gasteiger partial charge in [0.2, 0.25) is 5.78 Å². The molecule has 0 saturated carbocycles. The summed E-state index contributed by atoms with van der Waals surface area (Å²) in [6.45, 7) is 2.84. The predicted molar refractivity (Wildman–Crippen MR) is 63.9 cm³/mol. The van der Waals surface area contributed by atoms with Crippen molar-refractivity contribution in [1.82, 2.24) is 4.90 Å². The summed E-state index contributed by atoms with van der Waals surface area (Å²) in [5.74, 6) is -1.59. The number of nitrogens with zero attached hydrogens (tertiary/aromatic N) is 3. The zero-order valence-corrected chi connectivity index (χ0v) is 11.1. The van der Waals surface area contributed by atoms with Crippen molar-refractivity contribution < 1.29 is 23.9 Å². The molecule has 98 valence electrons. The molecule has 1 amide bonds. The monoisotopic (exact) mass is 271 g/mol. The van der Waals surface area contributed by atoms with Crippen LogP contribution < -0.4 is 0 Å².